The van der Waals surface area contributed by atoms with Crippen LogP contribution in [0, 0.1) is 0 Å². The summed E-state index contributed by atoms with van der Waals surface area (Å²) in [7, 11) is 0. The monoisotopic (exact) mass is 354 g/mol. The van der Waals surface area contributed by atoms with E-state index in [9.17, 15) is 9.59 Å². The van der Waals surface area contributed by atoms with E-state index in [1.807, 2.05) is 4.90 Å². The van der Waals surface area contributed by atoms with Gasteiger partial charge in [0.2, 0.25) is 11.8 Å². The number of nitrogens with zero attached hydrogens (tertiary/aromatic N) is 1. The highest BCUT2D eigenvalue weighted by molar-refractivity contribution is 5.82. The van der Waals surface area contributed by atoms with E-state index in [0.29, 0.717) is 0 Å². The molecule has 25 heavy (non-hydrogen) atoms. The normalized spacial score (nSPS) is 10.8. The highest BCUT2D eigenvalue weighted by Crippen LogP contribution is 2.11. The fourth-order valence-corrected chi connectivity index (χ4v) is 3.09. The molecule has 0 aliphatic heterocycles. The van der Waals surface area contributed by atoms with Gasteiger partial charge in [0.25, 0.3) is 0 Å². The largest absolute Gasteiger partial charge is 0.370 e. The van der Waals surface area contributed by atoms with Crippen molar-refractivity contribution >= 4 is 11.8 Å². The van der Waals surface area contributed by atoms with Crippen LogP contribution >= 0.6 is 0 Å². The molecular weight excluding hydrogens is 312 g/mol. The summed E-state index contributed by atoms with van der Waals surface area (Å²) in [5.74, 6) is -0.290. The summed E-state index contributed by atoms with van der Waals surface area (Å²) in [5.41, 5.74) is 5.18. The first-order valence-electron chi connectivity index (χ1n) is 10.7. The molecule has 0 heterocycles. The Bertz CT molecular complexity index is 332. The van der Waals surface area contributed by atoms with Crippen LogP contribution in [0.15, 0.2) is 0 Å². The first-order valence-corrected chi connectivity index (χ1v) is 10.7. The minimum Gasteiger partial charge on any atom is -0.370 e. The van der Waals surface area contributed by atoms with E-state index >= 15 is 0 Å². The topological polar surface area (TPSA) is 63.4 Å². The van der Waals surface area contributed by atoms with E-state index in [2.05, 4.69) is 13.8 Å². The number of hydrogen-bond donors (Lipinski definition) is 1. The van der Waals surface area contributed by atoms with Crippen molar-refractivity contribution in [3.05, 3.63) is 0 Å². The number of carbonyl (C=O) groups excluding carboxylic acids is 2. The van der Waals surface area contributed by atoms with Gasteiger partial charge in [-0.25, -0.2) is 0 Å². The fraction of sp³-hybridized carbons (Fsp3) is 0.905. The quantitative estimate of drug-likeness (QED) is 0.344. The van der Waals surface area contributed by atoms with Gasteiger partial charge in [-0.2, -0.15) is 0 Å². The van der Waals surface area contributed by atoms with Crippen LogP contribution in [-0.2, 0) is 9.59 Å². The molecule has 0 aromatic carbocycles. The molecule has 2 amide bonds. The van der Waals surface area contributed by atoms with E-state index in [-0.39, 0.29) is 24.7 Å². The number of rotatable bonds is 18. The van der Waals surface area contributed by atoms with Gasteiger partial charge in [0.1, 0.15) is 0 Å². The number of amides is 2. The maximum Gasteiger partial charge on any atom is 0.223 e. The summed E-state index contributed by atoms with van der Waals surface area (Å²) in [6, 6.07) is 0. The third kappa shape index (κ3) is 16.2. The van der Waals surface area contributed by atoms with Crippen molar-refractivity contribution in [2.75, 3.05) is 13.1 Å². The number of unbranched alkanes of at least 4 members (excludes halogenated alkanes) is 11. The second-order valence-electron chi connectivity index (χ2n) is 7.24. The Kier molecular flexibility index (Phi) is 17.0. The zero-order chi connectivity index (χ0) is 18.8. The van der Waals surface area contributed by atoms with E-state index < -0.39 is 0 Å². The summed E-state index contributed by atoms with van der Waals surface area (Å²) < 4.78 is 0. The maximum absolute atomic E-state index is 12.3. The van der Waals surface area contributed by atoms with Crippen molar-refractivity contribution in [1.82, 2.24) is 4.90 Å². The Balaban J connectivity index is 4.02. The molecule has 0 aliphatic rings. The van der Waals surface area contributed by atoms with Gasteiger partial charge < -0.3 is 10.6 Å². The summed E-state index contributed by atoms with van der Waals surface area (Å²) in [5, 5.41) is 0. The molecule has 0 saturated carbocycles. The Morgan fingerprint density at radius 3 is 1.44 bits per heavy atom. The molecule has 0 fully saturated rings. The van der Waals surface area contributed by atoms with Crippen molar-refractivity contribution in [3.8, 4) is 0 Å². The second kappa shape index (κ2) is 17.8. The zero-order valence-corrected chi connectivity index (χ0v) is 16.9. The third-order valence-corrected chi connectivity index (χ3v) is 4.75. The van der Waals surface area contributed by atoms with Crippen LogP contribution in [0.4, 0.5) is 0 Å². The molecule has 4 heteroatoms. The molecule has 0 aromatic rings. The van der Waals surface area contributed by atoms with Crippen LogP contribution in [-0.4, -0.2) is 29.8 Å². The molecule has 148 valence electrons. The lowest BCUT2D eigenvalue weighted by atomic mass is 10.1. The molecule has 0 aliphatic carbocycles. The first kappa shape index (κ1) is 23.9. The number of carbonyl (C=O) groups is 2. The van der Waals surface area contributed by atoms with Crippen molar-refractivity contribution in [1.29, 1.82) is 0 Å². The van der Waals surface area contributed by atoms with Gasteiger partial charge >= 0.3 is 0 Å². The van der Waals surface area contributed by atoms with E-state index in [1.165, 1.54) is 70.6 Å². The number of hydrogen-bond acceptors (Lipinski definition) is 2. The van der Waals surface area contributed by atoms with Crippen LogP contribution in [0.5, 0.6) is 0 Å². The number of nitrogens with two attached hydrogens (primary N) is 1. The van der Waals surface area contributed by atoms with Gasteiger partial charge in [0.05, 0.1) is 0 Å². The summed E-state index contributed by atoms with van der Waals surface area (Å²) >= 11 is 0. The van der Waals surface area contributed by atoms with Gasteiger partial charge in [-0.3, -0.25) is 9.59 Å². The zero-order valence-electron chi connectivity index (χ0n) is 16.9. The average molecular weight is 355 g/mol. The molecule has 0 saturated heterocycles. The highest BCUT2D eigenvalue weighted by Gasteiger charge is 2.13. The molecular formula is C21H42N2O2. The molecule has 0 atom stereocenters. The molecule has 0 unspecified atom stereocenters. The van der Waals surface area contributed by atoms with Gasteiger partial charge in [-0.05, 0) is 12.8 Å². The molecule has 4 nitrogen and oxygen atoms in total. The average Bonchev–Trinajstić information content (AvgIpc) is 2.59. The Morgan fingerprint density at radius 2 is 1.04 bits per heavy atom. The van der Waals surface area contributed by atoms with Crippen molar-refractivity contribution in [2.45, 2.75) is 110 Å². The smallest absolute Gasteiger partial charge is 0.223 e. The second-order valence-corrected chi connectivity index (χ2v) is 7.24. The minimum atomic E-state index is -0.385. The summed E-state index contributed by atoms with van der Waals surface area (Å²) in [6.07, 6.45) is 16.6. The van der Waals surface area contributed by atoms with E-state index in [1.54, 1.807) is 0 Å². The Labute approximate surface area is 155 Å². The molecule has 0 rings (SSSR count). The molecule has 0 radical (unpaired) electrons. The SMILES string of the molecule is CCCCCCCCCN(CCCCCCCC)C(=O)CCC(N)=O. The summed E-state index contributed by atoms with van der Waals surface area (Å²) in [6.45, 7) is 6.12. The fourth-order valence-electron chi connectivity index (χ4n) is 3.09. The van der Waals surface area contributed by atoms with Gasteiger partial charge in [0.15, 0.2) is 0 Å². The molecule has 0 bridgehead atoms. The Morgan fingerprint density at radius 1 is 0.640 bits per heavy atom. The minimum absolute atomic E-state index is 0.0957. The third-order valence-electron chi connectivity index (χ3n) is 4.75. The molecule has 0 spiro atoms. The van der Waals surface area contributed by atoms with Crippen LogP contribution in [0.2, 0.25) is 0 Å². The standard InChI is InChI=1S/C21H42N2O2/c1-3-5-7-9-11-13-15-19-23(21(25)17-16-20(22)24)18-14-12-10-8-6-4-2/h3-19H2,1-2H3,(H2,22,24). The lowest BCUT2D eigenvalue weighted by molar-refractivity contribution is -0.133. The van der Waals surface area contributed by atoms with Crippen molar-refractivity contribution in [2.24, 2.45) is 5.73 Å². The Hall–Kier alpha value is -1.06. The number of primary amides is 1. The predicted octanol–water partition coefficient (Wildman–Crippen LogP) is 5.19. The van der Waals surface area contributed by atoms with Crippen LogP contribution in [0.3, 0.4) is 0 Å². The molecule has 2 N–H and O–H groups in total. The lowest BCUT2D eigenvalue weighted by Gasteiger charge is -2.23. The van der Waals surface area contributed by atoms with Crippen molar-refractivity contribution in [3.63, 3.8) is 0 Å². The van der Waals surface area contributed by atoms with E-state index in [4.69, 9.17) is 5.73 Å². The van der Waals surface area contributed by atoms with Crippen molar-refractivity contribution < 1.29 is 9.59 Å². The summed E-state index contributed by atoms with van der Waals surface area (Å²) in [4.78, 5) is 25.2. The maximum atomic E-state index is 12.3. The van der Waals surface area contributed by atoms with Crippen LogP contribution in [0.25, 0.3) is 0 Å². The van der Waals surface area contributed by atoms with Crippen LogP contribution < -0.4 is 5.73 Å². The van der Waals surface area contributed by atoms with Gasteiger partial charge in [-0.1, -0.05) is 84.5 Å². The lowest BCUT2D eigenvalue weighted by Crippen LogP contribution is -2.33. The predicted molar refractivity (Wildman–Crippen MR) is 106 cm³/mol. The highest BCUT2D eigenvalue weighted by atomic mass is 16.2. The van der Waals surface area contributed by atoms with Gasteiger partial charge in [-0.15, -0.1) is 0 Å². The van der Waals surface area contributed by atoms with Gasteiger partial charge in [0, 0.05) is 25.9 Å². The van der Waals surface area contributed by atoms with E-state index in [0.717, 1.165) is 25.9 Å². The first-order chi connectivity index (χ1) is 12.1. The molecule has 0 aromatic heterocycles. The van der Waals surface area contributed by atoms with Crippen LogP contribution in [0.1, 0.15) is 110 Å².